The normalized spacial score (nSPS) is 15.5. The number of carbonyl (C=O) groups is 1. The molecule has 10 heteroatoms. The van der Waals surface area contributed by atoms with Gasteiger partial charge < -0.3 is 9.64 Å². The Morgan fingerprint density at radius 3 is 2.53 bits per heavy atom. The van der Waals surface area contributed by atoms with E-state index in [2.05, 4.69) is 15.4 Å². The molecule has 7 nitrogen and oxygen atoms in total. The zero-order valence-electron chi connectivity index (χ0n) is 17.2. The van der Waals surface area contributed by atoms with Crippen molar-refractivity contribution in [3.63, 3.8) is 0 Å². The molecule has 1 aromatic heterocycles. The summed E-state index contributed by atoms with van der Waals surface area (Å²) >= 11 is 18.5. The molecule has 0 bridgehead atoms. The first-order chi connectivity index (χ1) is 15.5. The van der Waals surface area contributed by atoms with Crippen molar-refractivity contribution in [1.29, 1.82) is 0 Å². The van der Waals surface area contributed by atoms with Gasteiger partial charge in [0.2, 0.25) is 0 Å². The summed E-state index contributed by atoms with van der Waals surface area (Å²) in [5.41, 5.74) is 1.86. The third kappa shape index (κ3) is 5.71. The van der Waals surface area contributed by atoms with Gasteiger partial charge in [-0.1, -0.05) is 59.1 Å². The van der Waals surface area contributed by atoms with E-state index in [1.165, 1.54) is 11.1 Å². The molecule has 0 saturated carbocycles. The number of nitrogens with zero attached hydrogens (tertiary/aromatic N) is 5. The fraction of sp³-hybridized carbons (Fsp3) is 0.364. The fourth-order valence-corrected chi connectivity index (χ4v) is 4.45. The molecule has 4 rings (SSSR count). The van der Waals surface area contributed by atoms with Crippen LogP contribution in [0.3, 0.4) is 0 Å². The van der Waals surface area contributed by atoms with Crippen molar-refractivity contribution in [1.82, 2.24) is 25.1 Å². The number of rotatable bonds is 6. The number of hydrogen-bond donors (Lipinski definition) is 0. The van der Waals surface area contributed by atoms with Gasteiger partial charge in [0, 0.05) is 23.7 Å². The molecule has 2 aromatic carbocycles. The molecule has 1 saturated heterocycles. The Labute approximate surface area is 201 Å². The SMILES string of the molecule is O=C(OC(Cn1ncnn1)c1ccccc1Cl)N1CCC(Cc2ccc(Cl)c(Cl)c2)CC1. The third-order valence-corrected chi connectivity index (χ3v) is 6.68. The first-order valence-corrected chi connectivity index (χ1v) is 11.5. The first kappa shape index (κ1) is 22.8. The molecule has 0 N–H and O–H groups in total. The number of likely N-dealkylation sites (tertiary alicyclic amines) is 1. The number of hydrogen-bond acceptors (Lipinski definition) is 5. The zero-order valence-corrected chi connectivity index (χ0v) is 19.5. The number of benzene rings is 2. The summed E-state index contributed by atoms with van der Waals surface area (Å²) in [6.45, 7) is 1.48. The fourth-order valence-electron chi connectivity index (χ4n) is 3.87. The maximum Gasteiger partial charge on any atom is 0.410 e. The minimum absolute atomic E-state index is 0.225. The summed E-state index contributed by atoms with van der Waals surface area (Å²) in [4.78, 5) is 16.1. The van der Waals surface area contributed by atoms with Gasteiger partial charge in [-0.05, 0) is 54.2 Å². The van der Waals surface area contributed by atoms with Crippen molar-refractivity contribution < 1.29 is 9.53 Å². The Balaban J connectivity index is 1.36. The topological polar surface area (TPSA) is 73.1 Å². The quantitative estimate of drug-likeness (QED) is 0.454. The summed E-state index contributed by atoms with van der Waals surface area (Å²) in [7, 11) is 0. The van der Waals surface area contributed by atoms with Crippen molar-refractivity contribution >= 4 is 40.9 Å². The monoisotopic (exact) mass is 493 g/mol. The van der Waals surface area contributed by atoms with E-state index in [0.29, 0.717) is 39.6 Å². The van der Waals surface area contributed by atoms with Gasteiger partial charge in [-0.3, -0.25) is 0 Å². The minimum Gasteiger partial charge on any atom is -0.439 e. The highest BCUT2D eigenvalue weighted by molar-refractivity contribution is 6.42. The Hall–Kier alpha value is -2.35. The van der Waals surface area contributed by atoms with Crippen LogP contribution in [0.2, 0.25) is 15.1 Å². The van der Waals surface area contributed by atoms with E-state index < -0.39 is 6.10 Å². The van der Waals surface area contributed by atoms with E-state index in [1.54, 1.807) is 11.0 Å². The predicted molar refractivity (Wildman–Crippen MR) is 123 cm³/mol. The van der Waals surface area contributed by atoms with E-state index in [4.69, 9.17) is 39.5 Å². The summed E-state index contributed by atoms with van der Waals surface area (Å²) < 4.78 is 5.85. The van der Waals surface area contributed by atoms with Gasteiger partial charge in [-0.15, -0.1) is 10.2 Å². The molecule has 1 unspecified atom stereocenters. The molecular weight excluding hydrogens is 473 g/mol. The van der Waals surface area contributed by atoms with Gasteiger partial charge in [0.25, 0.3) is 0 Å². The molecule has 0 radical (unpaired) electrons. The standard InChI is InChI=1S/C22H22Cl3N5O2/c23-18-4-2-1-3-17(18)21(13-30-27-14-26-28-30)32-22(31)29-9-7-15(8-10-29)11-16-5-6-19(24)20(25)12-16/h1-6,12,14-15,21H,7-11,13H2. The Morgan fingerprint density at radius 1 is 1.06 bits per heavy atom. The lowest BCUT2D eigenvalue weighted by atomic mass is 9.90. The van der Waals surface area contributed by atoms with Gasteiger partial charge >= 0.3 is 6.09 Å². The number of carbonyl (C=O) groups excluding carboxylic acids is 1. The molecule has 32 heavy (non-hydrogen) atoms. The van der Waals surface area contributed by atoms with Crippen LogP contribution in [0.15, 0.2) is 48.8 Å². The van der Waals surface area contributed by atoms with Gasteiger partial charge in [0.05, 0.1) is 10.0 Å². The zero-order chi connectivity index (χ0) is 22.5. The lowest BCUT2D eigenvalue weighted by molar-refractivity contribution is 0.0420. The molecular formula is C22H22Cl3N5O2. The van der Waals surface area contributed by atoms with Crippen LogP contribution in [0.1, 0.15) is 30.1 Å². The molecule has 0 aliphatic carbocycles. The lowest BCUT2D eigenvalue weighted by Gasteiger charge is -2.32. The van der Waals surface area contributed by atoms with Gasteiger partial charge in [0.15, 0.2) is 12.4 Å². The Morgan fingerprint density at radius 2 is 1.84 bits per heavy atom. The highest BCUT2D eigenvalue weighted by Gasteiger charge is 2.28. The minimum atomic E-state index is -0.626. The predicted octanol–water partition coefficient (Wildman–Crippen LogP) is 5.47. The Kier molecular flexibility index (Phi) is 7.50. The first-order valence-electron chi connectivity index (χ1n) is 10.3. The molecule has 2 heterocycles. The number of amides is 1. The van der Waals surface area contributed by atoms with E-state index in [9.17, 15) is 4.79 Å². The van der Waals surface area contributed by atoms with Crippen molar-refractivity contribution in [2.24, 2.45) is 5.92 Å². The molecule has 0 spiro atoms. The smallest absolute Gasteiger partial charge is 0.410 e. The summed E-state index contributed by atoms with van der Waals surface area (Å²) in [5, 5.41) is 13.3. The molecule has 168 valence electrons. The van der Waals surface area contributed by atoms with E-state index >= 15 is 0 Å². The van der Waals surface area contributed by atoms with Crippen LogP contribution in [-0.2, 0) is 17.7 Å². The van der Waals surface area contributed by atoms with Gasteiger partial charge in [-0.2, -0.15) is 4.80 Å². The second-order valence-electron chi connectivity index (χ2n) is 7.77. The van der Waals surface area contributed by atoms with Crippen LogP contribution in [0.25, 0.3) is 0 Å². The number of ether oxygens (including phenoxy) is 1. The second-order valence-corrected chi connectivity index (χ2v) is 8.99. The second kappa shape index (κ2) is 10.5. The molecule has 1 aliphatic rings. The maximum absolute atomic E-state index is 12.9. The summed E-state index contributed by atoms with van der Waals surface area (Å²) in [5.74, 6) is 0.468. The van der Waals surface area contributed by atoms with Crippen LogP contribution in [0.4, 0.5) is 4.79 Å². The van der Waals surface area contributed by atoms with E-state index in [0.717, 1.165) is 24.8 Å². The van der Waals surface area contributed by atoms with Crippen LogP contribution in [0.5, 0.6) is 0 Å². The number of tetrazole rings is 1. The molecule has 1 atom stereocenters. The van der Waals surface area contributed by atoms with E-state index in [1.807, 2.05) is 36.4 Å². The molecule has 3 aromatic rings. The Bertz CT molecular complexity index is 1060. The van der Waals surface area contributed by atoms with Crippen molar-refractivity contribution in [3.8, 4) is 0 Å². The highest BCUT2D eigenvalue weighted by atomic mass is 35.5. The van der Waals surface area contributed by atoms with Crippen LogP contribution in [0, 0.1) is 5.92 Å². The molecule has 1 amide bonds. The van der Waals surface area contributed by atoms with Crippen LogP contribution < -0.4 is 0 Å². The summed E-state index contributed by atoms with van der Waals surface area (Å²) in [6, 6.07) is 13.0. The number of aromatic nitrogens is 4. The number of halogens is 3. The van der Waals surface area contributed by atoms with Crippen molar-refractivity contribution in [3.05, 3.63) is 75.0 Å². The maximum atomic E-state index is 12.9. The average molecular weight is 495 g/mol. The van der Waals surface area contributed by atoms with Gasteiger partial charge in [-0.25, -0.2) is 4.79 Å². The van der Waals surface area contributed by atoms with Crippen LogP contribution in [-0.4, -0.2) is 44.3 Å². The highest BCUT2D eigenvalue weighted by Crippen LogP contribution is 2.30. The van der Waals surface area contributed by atoms with E-state index in [-0.39, 0.29) is 12.6 Å². The van der Waals surface area contributed by atoms with Crippen molar-refractivity contribution in [2.75, 3.05) is 13.1 Å². The molecule has 1 aliphatic heterocycles. The summed E-state index contributed by atoms with van der Waals surface area (Å²) in [6.07, 6.45) is 3.01. The largest absolute Gasteiger partial charge is 0.439 e. The average Bonchev–Trinajstić information content (AvgIpc) is 3.30. The van der Waals surface area contributed by atoms with Crippen molar-refractivity contribution in [2.45, 2.75) is 31.9 Å². The number of piperidine rings is 1. The molecule has 1 fully saturated rings. The van der Waals surface area contributed by atoms with Gasteiger partial charge in [0.1, 0.15) is 6.54 Å². The lowest BCUT2D eigenvalue weighted by Crippen LogP contribution is -2.40. The third-order valence-electron chi connectivity index (χ3n) is 5.60. The van der Waals surface area contributed by atoms with Crippen LogP contribution >= 0.6 is 34.8 Å².